The summed E-state index contributed by atoms with van der Waals surface area (Å²) in [5.41, 5.74) is 5.76. The molecule has 1 aliphatic heterocycles. The van der Waals surface area contributed by atoms with E-state index in [1.165, 1.54) is 16.6 Å². The van der Waals surface area contributed by atoms with Crippen molar-refractivity contribution in [1.29, 1.82) is 0 Å². The number of aromatic nitrogens is 3. The molecule has 1 fully saturated rings. The maximum Gasteiger partial charge on any atom is 0.224 e. The molecule has 4 aromatic rings. The topological polar surface area (TPSA) is 66.0 Å². The van der Waals surface area contributed by atoms with Crippen LogP contribution in [0.5, 0.6) is 0 Å². The van der Waals surface area contributed by atoms with Crippen LogP contribution in [0.3, 0.4) is 0 Å². The molecular formula is C25H29N5O. The maximum absolute atomic E-state index is 12.9. The van der Waals surface area contributed by atoms with Gasteiger partial charge in [-0.05, 0) is 49.9 Å². The smallest absolute Gasteiger partial charge is 0.224 e. The number of imidazole rings is 1. The third kappa shape index (κ3) is 3.67. The highest BCUT2D eigenvalue weighted by Gasteiger charge is 2.28. The number of nitrogens with zero attached hydrogens (tertiary/aromatic N) is 3. The first-order valence-electron chi connectivity index (χ1n) is 11.1. The number of aromatic amines is 1. The molecule has 2 N–H and O–H groups in total. The minimum absolute atomic E-state index is 0.00220. The predicted octanol–water partition coefficient (Wildman–Crippen LogP) is 3.94. The van der Waals surface area contributed by atoms with Crippen LogP contribution in [-0.2, 0) is 18.3 Å². The summed E-state index contributed by atoms with van der Waals surface area (Å²) in [5, 5.41) is 4.44. The number of hydrogen-bond acceptors (Lipinski definition) is 3. The van der Waals surface area contributed by atoms with E-state index in [-0.39, 0.29) is 11.8 Å². The van der Waals surface area contributed by atoms with E-state index >= 15 is 0 Å². The summed E-state index contributed by atoms with van der Waals surface area (Å²) in [6, 6.07) is 16.5. The average molecular weight is 416 g/mol. The van der Waals surface area contributed by atoms with Crippen LogP contribution in [-0.4, -0.2) is 40.1 Å². The molecule has 1 aliphatic rings. The van der Waals surface area contributed by atoms with Gasteiger partial charge in [-0.1, -0.05) is 30.3 Å². The molecule has 6 nitrogen and oxygen atoms in total. The molecule has 1 atom stereocenters. The third-order valence-electron chi connectivity index (χ3n) is 6.54. The van der Waals surface area contributed by atoms with E-state index in [4.69, 9.17) is 4.98 Å². The number of rotatable bonds is 5. The first kappa shape index (κ1) is 19.7. The van der Waals surface area contributed by atoms with Crippen molar-refractivity contribution in [1.82, 2.24) is 19.9 Å². The molecule has 0 bridgehead atoms. The number of carbonyl (C=O) groups is 1. The number of amides is 1. The second-order valence-electron chi connectivity index (χ2n) is 8.56. The zero-order chi connectivity index (χ0) is 21.4. The zero-order valence-electron chi connectivity index (χ0n) is 18.2. The summed E-state index contributed by atoms with van der Waals surface area (Å²) in [6.07, 6.45) is 2.77. The van der Waals surface area contributed by atoms with Crippen molar-refractivity contribution in [3.8, 4) is 0 Å². The van der Waals surface area contributed by atoms with E-state index < -0.39 is 0 Å². The Hall–Kier alpha value is -3.28. The Balaban J connectivity index is 1.23. The second-order valence-corrected chi connectivity index (χ2v) is 8.56. The second kappa shape index (κ2) is 8.10. The van der Waals surface area contributed by atoms with Crippen molar-refractivity contribution < 1.29 is 4.79 Å². The molecule has 1 unspecified atom stereocenters. The van der Waals surface area contributed by atoms with E-state index in [9.17, 15) is 4.79 Å². The van der Waals surface area contributed by atoms with Gasteiger partial charge in [-0.3, -0.25) is 4.79 Å². The highest BCUT2D eigenvalue weighted by atomic mass is 16.1. The molecule has 1 saturated heterocycles. The van der Waals surface area contributed by atoms with Gasteiger partial charge < -0.3 is 19.8 Å². The van der Waals surface area contributed by atoms with Crippen molar-refractivity contribution in [2.45, 2.75) is 26.2 Å². The molecule has 160 valence electrons. The lowest BCUT2D eigenvalue weighted by molar-refractivity contribution is -0.125. The Bertz CT molecular complexity index is 1240. The SMILES string of the molecule is Cc1[nH]c2ccccc2c1CCNC(=O)C1CCCN(c2nc3ccccc3n2C)C1. The molecule has 6 heteroatoms. The van der Waals surface area contributed by atoms with Gasteiger partial charge in [0.15, 0.2) is 0 Å². The average Bonchev–Trinajstić information content (AvgIpc) is 3.30. The number of aryl methyl sites for hydroxylation is 2. The fourth-order valence-corrected chi connectivity index (χ4v) is 4.90. The van der Waals surface area contributed by atoms with Gasteiger partial charge in [-0.15, -0.1) is 0 Å². The molecule has 3 heterocycles. The van der Waals surface area contributed by atoms with Crippen molar-refractivity contribution in [3.63, 3.8) is 0 Å². The van der Waals surface area contributed by atoms with Gasteiger partial charge in [0.25, 0.3) is 0 Å². The molecule has 2 aromatic carbocycles. The molecule has 31 heavy (non-hydrogen) atoms. The number of fused-ring (bicyclic) bond motifs is 2. The van der Waals surface area contributed by atoms with Crippen LogP contribution in [0.2, 0.25) is 0 Å². The number of anilines is 1. The molecule has 0 aliphatic carbocycles. The van der Waals surface area contributed by atoms with E-state index in [1.807, 2.05) is 24.3 Å². The molecule has 0 spiro atoms. The number of nitrogens with one attached hydrogen (secondary N) is 2. The summed E-state index contributed by atoms with van der Waals surface area (Å²) < 4.78 is 2.13. The number of hydrogen-bond donors (Lipinski definition) is 2. The van der Waals surface area contributed by atoms with E-state index in [0.717, 1.165) is 54.9 Å². The van der Waals surface area contributed by atoms with Crippen molar-refractivity contribution in [3.05, 3.63) is 59.8 Å². The highest BCUT2D eigenvalue weighted by Crippen LogP contribution is 2.26. The van der Waals surface area contributed by atoms with Crippen molar-refractivity contribution in [2.24, 2.45) is 13.0 Å². The predicted molar refractivity (Wildman–Crippen MR) is 125 cm³/mol. The normalized spacial score (nSPS) is 16.8. The number of piperidine rings is 1. The van der Waals surface area contributed by atoms with Crippen LogP contribution in [0.15, 0.2) is 48.5 Å². The van der Waals surface area contributed by atoms with Crippen LogP contribution in [0, 0.1) is 12.8 Å². The molecule has 0 radical (unpaired) electrons. The third-order valence-corrected chi connectivity index (χ3v) is 6.54. The summed E-state index contributed by atoms with van der Waals surface area (Å²) in [6.45, 7) is 4.42. The maximum atomic E-state index is 12.9. The molecular weight excluding hydrogens is 386 g/mol. The van der Waals surface area contributed by atoms with Gasteiger partial charge in [0, 0.05) is 43.3 Å². The minimum Gasteiger partial charge on any atom is -0.358 e. The first-order valence-corrected chi connectivity index (χ1v) is 11.1. The fraction of sp³-hybridized carbons (Fsp3) is 0.360. The highest BCUT2D eigenvalue weighted by molar-refractivity contribution is 5.85. The summed E-state index contributed by atoms with van der Waals surface area (Å²) >= 11 is 0. The van der Waals surface area contributed by atoms with Gasteiger partial charge in [-0.25, -0.2) is 4.98 Å². The molecule has 0 saturated carbocycles. The number of H-pyrrole nitrogens is 1. The van der Waals surface area contributed by atoms with E-state index in [1.54, 1.807) is 0 Å². The number of benzene rings is 2. The summed E-state index contributed by atoms with van der Waals surface area (Å²) in [7, 11) is 2.05. The molecule has 1 amide bonds. The largest absolute Gasteiger partial charge is 0.358 e. The zero-order valence-corrected chi connectivity index (χ0v) is 18.2. The van der Waals surface area contributed by atoms with Crippen molar-refractivity contribution >= 4 is 33.8 Å². The van der Waals surface area contributed by atoms with Crippen LogP contribution in [0.25, 0.3) is 21.9 Å². The Kier molecular flexibility index (Phi) is 5.14. The van der Waals surface area contributed by atoms with Crippen LogP contribution in [0.1, 0.15) is 24.1 Å². The monoisotopic (exact) mass is 415 g/mol. The lowest BCUT2D eigenvalue weighted by Crippen LogP contribution is -2.44. The number of para-hydroxylation sites is 3. The lowest BCUT2D eigenvalue weighted by atomic mass is 9.97. The molecule has 5 rings (SSSR count). The van der Waals surface area contributed by atoms with E-state index in [0.29, 0.717) is 6.54 Å². The fourth-order valence-electron chi connectivity index (χ4n) is 4.90. The quantitative estimate of drug-likeness (QED) is 0.519. The Morgan fingerprint density at radius 1 is 1.19 bits per heavy atom. The van der Waals surface area contributed by atoms with Crippen LogP contribution < -0.4 is 10.2 Å². The van der Waals surface area contributed by atoms with Gasteiger partial charge in [0.05, 0.1) is 17.0 Å². The van der Waals surface area contributed by atoms with Gasteiger partial charge in [0.2, 0.25) is 11.9 Å². The first-order chi connectivity index (χ1) is 15.1. The van der Waals surface area contributed by atoms with Gasteiger partial charge in [0.1, 0.15) is 0 Å². The summed E-state index contributed by atoms with van der Waals surface area (Å²) in [4.78, 5) is 23.5. The Morgan fingerprint density at radius 2 is 2.00 bits per heavy atom. The Morgan fingerprint density at radius 3 is 2.87 bits per heavy atom. The van der Waals surface area contributed by atoms with Gasteiger partial charge >= 0.3 is 0 Å². The van der Waals surface area contributed by atoms with Gasteiger partial charge in [-0.2, -0.15) is 0 Å². The minimum atomic E-state index is -0.00220. The standard InChI is InChI=1S/C25H29N5O/c1-17-19(20-9-3-4-10-21(20)27-17)13-14-26-24(31)18-8-7-15-30(16-18)25-28-22-11-5-6-12-23(22)29(25)2/h3-6,9-12,18,27H,7-8,13-16H2,1-2H3,(H,26,31). The number of carbonyl (C=O) groups excluding carboxylic acids is 1. The van der Waals surface area contributed by atoms with E-state index in [2.05, 4.69) is 58.0 Å². The Labute approximate surface area is 182 Å². The van der Waals surface area contributed by atoms with Crippen LogP contribution >= 0.6 is 0 Å². The van der Waals surface area contributed by atoms with Crippen molar-refractivity contribution in [2.75, 3.05) is 24.5 Å². The molecule has 2 aromatic heterocycles. The summed E-state index contributed by atoms with van der Waals surface area (Å²) in [5.74, 6) is 1.10. The van der Waals surface area contributed by atoms with Crippen LogP contribution in [0.4, 0.5) is 5.95 Å². The lowest BCUT2D eigenvalue weighted by Gasteiger charge is -2.32.